The van der Waals surface area contributed by atoms with Crippen molar-refractivity contribution in [1.82, 2.24) is 0 Å². The molecule has 0 nitrogen and oxygen atoms in total. The van der Waals surface area contributed by atoms with Gasteiger partial charge in [-0.25, -0.2) is 0 Å². The molecule has 3 aliphatic rings. The van der Waals surface area contributed by atoms with Crippen molar-refractivity contribution in [2.24, 2.45) is 5.41 Å². The second kappa shape index (κ2) is 7.67. The van der Waals surface area contributed by atoms with Crippen LogP contribution in [0.1, 0.15) is 53.5 Å². The van der Waals surface area contributed by atoms with Gasteiger partial charge in [-0.1, -0.05) is 129 Å². The highest BCUT2D eigenvalue weighted by atomic mass is 28.3. The summed E-state index contributed by atoms with van der Waals surface area (Å²) in [6, 6.07) is 5.06. The maximum atomic E-state index is 2.65. The predicted molar refractivity (Wildman–Crippen MR) is 159 cm³/mol. The van der Waals surface area contributed by atoms with Crippen LogP contribution in [0.2, 0.25) is 44.3 Å². The van der Waals surface area contributed by atoms with Crippen LogP contribution in [-0.4, -0.2) is 16.1 Å². The Bertz CT molecular complexity index is 1270. The summed E-state index contributed by atoms with van der Waals surface area (Å²) in [4.78, 5) is 0. The third-order valence-electron chi connectivity index (χ3n) is 8.32. The van der Waals surface area contributed by atoms with E-state index >= 15 is 0 Å². The zero-order chi connectivity index (χ0) is 25.5. The second-order valence-electron chi connectivity index (χ2n) is 14.8. The first-order valence-corrected chi connectivity index (χ1v) is 20.1. The fourth-order valence-corrected chi connectivity index (χ4v) is 12.3. The van der Waals surface area contributed by atoms with Crippen LogP contribution in [0.4, 0.5) is 0 Å². The van der Waals surface area contributed by atoms with E-state index < -0.39 is 16.1 Å². The Morgan fingerprint density at radius 1 is 0.853 bits per heavy atom. The Morgan fingerprint density at radius 2 is 1.50 bits per heavy atom. The monoisotopic (exact) mass is 486 g/mol. The molecule has 0 radical (unpaired) electrons. The summed E-state index contributed by atoms with van der Waals surface area (Å²) in [5.74, 6) is 0. The van der Waals surface area contributed by atoms with Gasteiger partial charge in [0.15, 0.2) is 0 Å². The third-order valence-corrected chi connectivity index (χ3v) is 13.9. The average molecular weight is 487 g/mol. The molecule has 0 saturated carbocycles. The van der Waals surface area contributed by atoms with Crippen LogP contribution in [0.15, 0.2) is 59.2 Å². The van der Waals surface area contributed by atoms with Gasteiger partial charge in [-0.15, -0.1) is 0 Å². The molecule has 3 aliphatic carbocycles. The third kappa shape index (κ3) is 3.76. The van der Waals surface area contributed by atoms with E-state index in [1.807, 2.05) is 0 Å². The van der Waals surface area contributed by atoms with Crippen LogP contribution in [0.5, 0.6) is 0 Å². The van der Waals surface area contributed by atoms with Crippen molar-refractivity contribution in [3.8, 4) is 0 Å². The molecule has 1 aromatic carbocycles. The number of fused-ring (bicyclic) bond motifs is 2. The molecule has 0 saturated heterocycles. The summed E-state index contributed by atoms with van der Waals surface area (Å²) in [5.41, 5.74) is 7.91. The fourth-order valence-electron chi connectivity index (χ4n) is 6.79. The highest BCUT2D eigenvalue weighted by Gasteiger charge is 2.55. The van der Waals surface area contributed by atoms with Gasteiger partial charge in [0.25, 0.3) is 0 Å². The van der Waals surface area contributed by atoms with E-state index in [-0.39, 0.29) is 15.9 Å². The van der Waals surface area contributed by atoms with Crippen molar-refractivity contribution in [2.75, 3.05) is 0 Å². The highest BCUT2D eigenvalue weighted by molar-refractivity contribution is 6.88. The normalized spacial score (nSPS) is 22.7. The molecule has 0 amide bonds. The lowest BCUT2D eigenvalue weighted by atomic mass is 9.68. The van der Waals surface area contributed by atoms with Crippen LogP contribution in [0, 0.1) is 5.41 Å². The van der Waals surface area contributed by atoms with E-state index in [1.165, 1.54) is 32.7 Å². The molecule has 34 heavy (non-hydrogen) atoms. The van der Waals surface area contributed by atoms with Crippen LogP contribution in [-0.2, 0) is 5.41 Å². The number of hydrogen-bond donors (Lipinski definition) is 0. The van der Waals surface area contributed by atoms with Gasteiger partial charge >= 0.3 is 0 Å². The fraction of sp³-hybridized carbons (Fsp3) is 0.500. The molecule has 2 heteroatoms. The predicted octanol–water partition coefficient (Wildman–Crippen LogP) is 7.35. The Morgan fingerprint density at radius 3 is 1.97 bits per heavy atom. The largest absolute Gasteiger partial charge is 0.0801 e. The smallest absolute Gasteiger partial charge is 0.0784 e. The average Bonchev–Trinajstić information content (AvgIpc) is 3.30. The Kier molecular flexibility index (Phi) is 5.74. The number of rotatable bonds is 3. The summed E-state index contributed by atoms with van der Waals surface area (Å²) in [6.07, 6.45) is 15.8. The molecule has 1 atom stereocenters. The van der Waals surface area contributed by atoms with Crippen molar-refractivity contribution in [2.45, 2.75) is 97.7 Å². The maximum absolute atomic E-state index is 2.65. The quantitative estimate of drug-likeness (QED) is 0.392. The van der Waals surface area contributed by atoms with Crippen LogP contribution in [0.3, 0.4) is 0 Å². The van der Waals surface area contributed by atoms with Crippen molar-refractivity contribution in [1.29, 1.82) is 0 Å². The summed E-state index contributed by atoms with van der Waals surface area (Å²) in [5, 5.41) is 4.68. The van der Waals surface area contributed by atoms with Gasteiger partial charge < -0.3 is 0 Å². The molecule has 1 unspecified atom stereocenters. The molecule has 0 bridgehead atoms. The lowest BCUT2D eigenvalue weighted by molar-refractivity contribution is 0.335. The van der Waals surface area contributed by atoms with E-state index in [0.717, 1.165) is 6.42 Å². The van der Waals surface area contributed by atoms with Crippen LogP contribution < -0.4 is 15.6 Å². The van der Waals surface area contributed by atoms with Crippen molar-refractivity contribution in [3.63, 3.8) is 0 Å². The summed E-state index contributed by atoms with van der Waals surface area (Å²) >= 11 is 0. The number of benzene rings is 1. The molecular formula is C32H46Si2. The second-order valence-corrected chi connectivity index (χ2v) is 25.1. The van der Waals surface area contributed by atoms with Gasteiger partial charge in [0, 0.05) is 5.04 Å². The van der Waals surface area contributed by atoms with Crippen molar-refractivity contribution < 1.29 is 0 Å². The first kappa shape index (κ1) is 25.4. The lowest BCUT2D eigenvalue weighted by Gasteiger charge is -2.55. The number of allylic oxidation sites excluding steroid dienone is 8. The standard InChI is InChI=1S/C32H46Si2/c1-30(2,3)24-19-23-20-26-25(28(23)27(21-24)33(7,8)9)17-18-32(31(4,5)6,34(10,11)12)29(26)22-15-13-14-16-22/h13-15,17-21H,16H2,1-12H3. The van der Waals surface area contributed by atoms with E-state index in [2.05, 4.69) is 129 Å². The zero-order valence-corrected chi connectivity index (χ0v) is 25.8. The van der Waals surface area contributed by atoms with Gasteiger partial charge in [0.05, 0.1) is 16.1 Å². The van der Waals surface area contributed by atoms with Gasteiger partial charge in [-0.05, 0) is 61.6 Å². The molecular weight excluding hydrogens is 441 g/mol. The SMILES string of the molecule is CC(C)(C)c1cc([Si](C)(C)C)c2c(c1)=CC1=C(C3=CC=CC3)C(C(C)(C)C)([Si](C)(C)C)C=CC=21. The minimum Gasteiger partial charge on any atom is -0.0801 e. The van der Waals surface area contributed by atoms with E-state index in [1.54, 1.807) is 10.8 Å². The Labute approximate surface area is 211 Å². The van der Waals surface area contributed by atoms with Gasteiger partial charge in [0.2, 0.25) is 0 Å². The van der Waals surface area contributed by atoms with E-state index in [0.29, 0.717) is 0 Å². The minimum atomic E-state index is -1.66. The van der Waals surface area contributed by atoms with E-state index in [4.69, 9.17) is 0 Å². The summed E-state index contributed by atoms with van der Waals surface area (Å²) in [6.45, 7) is 29.7. The zero-order valence-electron chi connectivity index (χ0n) is 23.8. The van der Waals surface area contributed by atoms with Gasteiger partial charge in [0.1, 0.15) is 0 Å². The molecule has 0 heterocycles. The van der Waals surface area contributed by atoms with Crippen LogP contribution >= 0.6 is 0 Å². The highest BCUT2D eigenvalue weighted by Crippen LogP contribution is 2.64. The van der Waals surface area contributed by atoms with Crippen LogP contribution in [0.25, 0.3) is 11.6 Å². The van der Waals surface area contributed by atoms with Crippen molar-refractivity contribution in [3.05, 3.63) is 75.2 Å². The molecule has 0 fully saturated rings. The van der Waals surface area contributed by atoms with E-state index in [9.17, 15) is 0 Å². The molecule has 182 valence electrons. The topological polar surface area (TPSA) is 0 Å². The maximum Gasteiger partial charge on any atom is 0.0784 e. The Balaban J connectivity index is 2.20. The molecule has 0 aliphatic heterocycles. The first-order chi connectivity index (χ1) is 15.4. The summed E-state index contributed by atoms with van der Waals surface area (Å²) < 4.78 is 0. The van der Waals surface area contributed by atoms with Gasteiger partial charge in [-0.3, -0.25) is 0 Å². The number of hydrogen-bond acceptors (Lipinski definition) is 0. The minimum absolute atomic E-state index is 0.0847. The summed E-state index contributed by atoms with van der Waals surface area (Å²) in [7, 11) is -3.22. The van der Waals surface area contributed by atoms with Crippen molar-refractivity contribution >= 4 is 33.0 Å². The first-order valence-electron chi connectivity index (χ1n) is 13.1. The molecule has 0 N–H and O–H groups in total. The molecule has 4 rings (SSSR count). The molecule has 1 aromatic rings. The molecule has 0 spiro atoms. The lowest BCUT2D eigenvalue weighted by Crippen LogP contribution is -2.53. The van der Waals surface area contributed by atoms with Gasteiger partial charge in [-0.2, -0.15) is 0 Å². The molecule has 0 aromatic heterocycles. The Hall–Kier alpha value is -1.65.